The molecule has 0 radical (unpaired) electrons. The highest BCUT2D eigenvalue weighted by molar-refractivity contribution is 5.95. The van der Waals surface area contributed by atoms with Crippen LogP contribution < -0.4 is 5.32 Å². The molecule has 0 saturated carbocycles. The fourth-order valence-electron chi connectivity index (χ4n) is 11.8. The van der Waals surface area contributed by atoms with E-state index in [2.05, 4.69) is 232 Å². The molecule has 394 valence electrons. The van der Waals surface area contributed by atoms with E-state index in [1.165, 1.54) is 84.5 Å². The summed E-state index contributed by atoms with van der Waals surface area (Å²) >= 11 is 0. The summed E-state index contributed by atoms with van der Waals surface area (Å²) in [7, 11) is 0. The summed E-state index contributed by atoms with van der Waals surface area (Å²) in [5.41, 5.74) is 21.9. The summed E-state index contributed by atoms with van der Waals surface area (Å²) in [5, 5.41) is 3.84. The second kappa shape index (κ2) is 27.7. The van der Waals surface area contributed by atoms with Gasteiger partial charge in [0.15, 0.2) is 0 Å². The van der Waals surface area contributed by atoms with Gasteiger partial charge in [0.25, 0.3) is 0 Å². The number of hydrogen-bond donors (Lipinski definition) is 1. The van der Waals surface area contributed by atoms with Gasteiger partial charge in [-0.2, -0.15) is 0 Å². The molecule has 4 aliphatic rings. The highest BCUT2D eigenvalue weighted by Crippen LogP contribution is 2.63. The van der Waals surface area contributed by atoms with E-state index in [1.807, 2.05) is 69.4 Å². The normalized spacial score (nSPS) is 19.2. The molecule has 4 aromatic carbocycles. The van der Waals surface area contributed by atoms with Crippen molar-refractivity contribution in [1.29, 1.82) is 0 Å². The van der Waals surface area contributed by atoms with Crippen LogP contribution in [0.1, 0.15) is 160 Å². The van der Waals surface area contributed by atoms with Crippen LogP contribution in [0.2, 0.25) is 0 Å². The molecule has 4 aromatic rings. The maximum absolute atomic E-state index is 3.84. The van der Waals surface area contributed by atoms with Gasteiger partial charge in [0.1, 0.15) is 0 Å². The van der Waals surface area contributed by atoms with E-state index < -0.39 is 0 Å². The summed E-state index contributed by atoms with van der Waals surface area (Å²) in [6, 6.07) is 37.9. The zero-order valence-corrected chi connectivity index (χ0v) is 48.3. The first-order valence-corrected chi connectivity index (χ1v) is 28.4. The average Bonchev–Trinajstić information content (AvgIpc) is 3.82. The van der Waals surface area contributed by atoms with Gasteiger partial charge in [0.2, 0.25) is 0 Å². The summed E-state index contributed by atoms with van der Waals surface area (Å²) in [6.45, 7) is 32.9. The Bertz CT molecular complexity index is 2990. The first kappa shape index (κ1) is 58.3. The van der Waals surface area contributed by atoms with Gasteiger partial charge in [0.05, 0.1) is 5.41 Å². The Morgan fingerprint density at radius 2 is 1.36 bits per heavy atom. The third-order valence-electron chi connectivity index (χ3n) is 16.0. The van der Waals surface area contributed by atoms with Crippen LogP contribution in [0.25, 0.3) is 11.1 Å². The third kappa shape index (κ3) is 12.8. The van der Waals surface area contributed by atoms with Crippen LogP contribution in [0.4, 0.5) is 0 Å². The van der Waals surface area contributed by atoms with Crippen molar-refractivity contribution in [1.82, 2.24) is 5.32 Å². The van der Waals surface area contributed by atoms with Crippen LogP contribution >= 0.6 is 0 Å². The van der Waals surface area contributed by atoms with Gasteiger partial charge in [-0.25, -0.2) is 0 Å². The van der Waals surface area contributed by atoms with Crippen LogP contribution in [-0.2, 0) is 10.8 Å². The zero-order chi connectivity index (χ0) is 54.7. The van der Waals surface area contributed by atoms with Gasteiger partial charge in [-0.15, -0.1) is 0 Å². The minimum absolute atomic E-state index is 0.0958. The van der Waals surface area contributed by atoms with Crippen molar-refractivity contribution in [3.63, 3.8) is 0 Å². The predicted octanol–water partition coefficient (Wildman–Crippen LogP) is 20.7. The Morgan fingerprint density at radius 1 is 0.724 bits per heavy atom. The minimum Gasteiger partial charge on any atom is -0.388 e. The van der Waals surface area contributed by atoms with Crippen molar-refractivity contribution in [3.8, 4) is 0 Å². The molecule has 8 rings (SSSR count). The highest BCUT2D eigenvalue weighted by Gasteiger charge is 2.54. The summed E-state index contributed by atoms with van der Waals surface area (Å²) in [6.07, 6.45) is 45.2. The van der Waals surface area contributed by atoms with E-state index in [0.29, 0.717) is 5.92 Å². The standard InChI is InChI=1S/C60H69N.C13H14.C2H6/c1-10-14-15-25-43(5)45(24-11-2)27-23-41-61-47-39-40-49(57(42-47)58(6,7)13-4)46-37-35-44(36-38-46)26-22-34-51-48(12-3)50-28-16-17-29-52(50)60(51)55-32-20-18-30-53(55)59(8,9)54-31-19-21-33-56(54)60;1-3-8-12(9-4-2)13-10-6-5-7-11-13;1-2/h10-12,14-22,24-34,37,42,44,61H,1,13,23,35-36,38-41H2,2-9H3;3-11H,1H2,2H3;1-2H3/b15-14-,24-11-,26-22+,43-25+,45-27+,48-12-,51-34+;9-4-,12-8+;. The van der Waals surface area contributed by atoms with Crippen molar-refractivity contribution >= 4 is 11.1 Å². The Morgan fingerprint density at radius 3 is 1.95 bits per heavy atom. The molecule has 76 heavy (non-hydrogen) atoms. The molecular weight excluding hydrogens is 915 g/mol. The quantitative estimate of drug-likeness (QED) is 0.0871. The van der Waals surface area contributed by atoms with Gasteiger partial charge in [0, 0.05) is 17.7 Å². The van der Waals surface area contributed by atoms with E-state index in [-0.39, 0.29) is 16.2 Å². The molecule has 0 bridgehead atoms. The van der Waals surface area contributed by atoms with Crippen LogP contribution in [0.3, 0.4) is 0 Å². The third-order valence-corrected chi connectivity index (χ3v) is 16.0. The molecule has 0 aromatic heterocycles. The number of hydrogen-bond acceptors (Lipinski definition) is 1. The van der Waals surface area contributed by atoms with E-state index in [1.54, 1.807) is 11.1 Å². The van der Waals surface area contributed by atoms with E-state index in [9.17, 15) is 0 Å². The number of nitrogens with one attached hydrogen (secondary N) is 1. The largest absolute Gasteiger partial charge is 0.388 e. The van der Waals surface area contributed by atoms with Gasteiger partial charge in [-0.3, -0.25) is 0 Å². The summed E-state index contributed by atoms with van der Waals surface area (Å²) in [4.78, 5) is 0. The topological polar surface area (TPSA) is 12.0 Å². The smallest absolute Gasteiger partial charge is 0.0719 e. The Hall–Kier alpha value is -6.96. The monoisotopic (exact) mass is 1000 g/mol. The SMILES string of the molecule is C=C/C=C(\C=C/C)c1ccccc1.C=C\C=C/C=C(C)/C(/C=C\C)=C/CCNC1=CC(C(C)(C)CC)=C(C2=CCC(/C=C/C=C3\C(=C/C)c4ccccc4C34c3ccccc3C(C)(C)c3ccccc34)CC2)CC1.CC. The number of fused-ring (bicyclic) bond motifs is 6. The van der Waals surface area contributed by atoms with E-state index in [4.69, 9.17) is 0 Å². The molecule has 1 unspecified atom stereocenters. The van der Waals surface area contributed by atoms with E-state index >= 15 is 0 Å². The Balaban J connectivity index is 0.000000542. The molecule has 0 heterocycles. The van der Waals surface area contributed by atoms with Crippen LogP contribution in [0.15, 0.2) is 259 Å². The number of benzene rings is 4. The summed E-state index contributed by atoms with van der Waals surface area (Å²) in [5.74, 6) is 0.524. The van der Waals surface area contributed by atoms with Crippen molar-refractivity contribution in [3.05, 3.63) is 298 Å². The predicted molar refractivity (Wildman–Crippen MR) is 335 cm³/mol. The van der Waals surface area contributed by atoms with Crippen LogP contribution in [0.5, 0.6) is 0 Å². The summed E-state index contributed by atoms with van der Waals surface area (Å²) < 4.78 is 0. The zero-order valence-electron chi connectivity index (χ0n) is 48.3. The molecule has 0 saturated heterocycles. The van der Waals surface area contributed by atoms with Gasteiger partial charge in [-0.05, 0) is 174 Å². The fraction of sp³-hybridized carbons (Fsp3) is 0.307. The lowest BCUT2D eigenvalue weighted by molar-refractivity contribution is 0.429. The molecule has 1 N–H and O–H groups in total. The molecule has 1 heteroatoms. The maximum Gasteiger partial charge on any atom is 0.0719 e. The van der Waals surface area contributed by atoms with E-state index in [0.717, 1.165) is 45.1 Å². The minimum atomic E-state index is -0.367. The Labute approximate surface area is 461 Å². The fourth-order valence-corrected chi connectivity index (χ4v) is 11.8. The molecule has 1 atom stereocenters. The van der Waals surface area contributed by atoms with Gasteiger partial charge < -0.3 is 5.32 Å². The number of rotatable bonds is 16. The molecular formula is C75H89N. The molecule has 4 aliphatic carbocycles. The molecule has 0 fully saturated rings. The second-order valence-electron chi connectivity index (χ2n) is 21.3. The first-order chi connectivity index (χ1) is 36.9. The first-order valence-electron chi connectivity index (χ1n) is 28.4. The van der Waals surface area contributed by atoms with Crippen LogP contribution in [-0.4, -0.2) is 6.54 Å². The van der Waals surface area contributed by atoms with Crippen molar-refractivity contribution in [2.75, 3.05) is 6.54 Å². The molecule has 1 nitrogen and oxygen atoms in total. The lowest BCUT2D eigenvalue weighted by Gasteiger charge is -2.46. The maximum atomic E-state index is 3.84. The van der Waals surface area contributed by atoms with Crippen molar-refractivity contribution in [2.24, 2.45) is 11.3 Å². The van der Waals surface area contributed by atoms with Crippen molar-refractivity contribution < 1.29 is 0 Å². The lowest BCUT2D eigenvalue weighted by atomic mass is 9.55. The molecule has 0 amide bonds. The Kier molecular flexibility index (Phi) is 21.3. The molecule has 0 aliphatic heterocycles. The lowest BCUT2D eigenvalue weighted by Crippen LogP contribution is -2.40. The number of allylic oxidation sites excluding steroid dienone is 25. The van der Waals surface area contributed by atoms with Crippen molar-refractivity contribution in [2.45, 2.75) is 132 Å². The average molecular weight is 1000 g/mol. The second-order valence-corrected chi connectivity index (χ2v) is 21.3. The molecule has 1 spiro atoms. The highest BCUT2D eigenvalue weighted by atomic mass is 14.9. The van der Waals surface area contributed by atoms with Gasteiger partial charge in [-0.1, -0.05) is 262 Å². The van der Waals surface area contributed by atoms with Gasteiger partial charge >= 0.3 is 0 Å². The van der Waals surface area contributed by atoms with Crippen LogP contribution in [0, 0.1) is 11.3 Å².